The molecule has 0 unspecified atom stereocenters. The molecule has 2 aromatic heterocycles. The molecule has 106 valence electrons. The highest BCUT2D eigenvalue weighted by molar-refractivity contribution is 7.19. The van der Waals surface area contributed by atoms with Gasteiger partial charge in [0.1, 0.15) is 9.98 Å². The van der Waals surface area contributed by atoms with E-state index < -0.39 is 0 Å². The topological polar surface area (TPSA) is 46.0 Å². The van der Waals surface area contributed by atoms with Crippen LogP contribution in [0.4, 0.5) is 0 Å². The van der Waals surface area contributed by atoms with Crippen LogP contribution in [-0.4, -0.2) is 21.7 Å². The Kier molecular flexibility index (Phi) is 7.00. The Morgan fingerprint density at radius 2 is 1.84 bits per heavy atom. The van der Waals surface area contributed by atoms with Crippen LogP contribution in [0.3, 0.4) is 0 Å². The van der Waals surface area contributed by atoms with E-state index in [1.54, 1.807) is 18.3 Å². The number of aryl methyl sites for hydroxylation is 2. The van der Waals surface area contributed by atoms with E-state index in [1.165, 1.54) is 16.9 Å². The average molecular weight is 321 g/mol. The molecule has 0 spiro atoms. The molecule has 1 N–H and O–H groups in total. The Bertz CT molecular complexity index is 543. The quantitative estimate of drug-likeness (QED) is 0.573. The molecule has 3 nitrogen and oxygen atoms in total. The molecule has 0 amide bonds. The van der Waals surface area contributed by atoms with Crippen molar-refractivity contribution >= 4 is 44.8 Å². The van der Waals surface area contributed by atoms with Crippen molar-refractivity contribution in [1.29, 1.82) is 0 Å². The van der Waals surface area contributed by atoms with Gasteiger partial charge in [0.05, 0.1) is 5.39 Å². The number of rotatable bonds is 0. The highest BCUT2D eigenvalue weighted by Crippen LogP contribution is 2.39. The van der Waals surface area contributed by atoms with Crippen LogP contribution in [0.15, 0.2) is 0 Å². The van der Waals surface area contributed by atoms with Crippen LogP contribution >= 0.6 is 34.5 Å². The summed E-state index contributed by atoms with van der Waals surface area (Å²) < 4.78 is 0. The van der Waals surface area contributed by atoms with Crippen molar-refractivity contribution in [3.05, 3.63) is 20.9 Å². The van der Waals surface area contributed by atoms with Crippen molar-refractivity contribution in [2.45, 2.75) is 40.0 Å². The fourth-order valence-electron chi connectivity index (χ4n) is 1.93. The minimum atomic E-state index is 0.238. The molecule has 2 heterocycles. The second-order valence-corrected chi connectivity index (χ2v) is 5.42. The summed E-state index contributed by atoms with van der Waals surface area (Å²) in [5.74, 6) is 0. The van der Waals surface area contributed by atoms with E-state index in [-0.39, 0.29) is 11.9 Å². The molecule has 0 saturated heterocycles. The first-order chi connectivity index (χ1) is 9.17. The lowest BCUT2D eigenvalue weighted by Gasteiger charge is -1.96. The number of halogens is 2. The van der Waals surface area contributed by atoms with Gasteiger partial charge in [-0.1, -0.05) is 25.4 Å². The number of hydrogen-bond acceptors (Lipinski definition) is 4. The van der Waals surface area contributed by atoms with Gasteiger partial charge in [-0.15, -0.1) is 11.3 Å². The smallest absolute Gasteiger partial charge is 0.225 e. The summed E-state index contributed by atoms with van der Waals surface area (Å²) >= 11 is 13.5. The molecule has 0 atom stereocenters. The van der Waals surface area contributed by atoms with Crippen molar-refractivity contribution < 1.29 is 5.11 Å². The molecule has 3 rings (SSSR count). The minimum absolute atomic E-state index is 0.238. The summed E-state index contributed by atoms with van der Waals surface area (Å²) in [5, 5.41) is 9.33. The third-order valence-corrected chi connectivity index (χ3v) is 4.12. The SMILES string of the molecule is CC.CCO.Clc1nc(Cl)c2c3c(sc2n1)CCC3. The van der Waals surface area contributed by atoms with Crippen molar-refractivity contribution in [3.63, 3.8) is 0 Å². The van der Waals surface area contributed by atoms with E-state index in [0.29, 0.717) is 5.15 Å². The number of nitrogens with zero attached hydrogens (tertiary/aromatic N) is 2. The van der Waals surface area contributed by atoms with Gasteiger partial charge in [-0.25, -0.2) is 9.97 Å². The summed E-state index contributed by atoms with van der Waals surface area (Å²) in [6.45, 7) is 5.93. The fourth-order valence-corrected chi connectivity index (χ4v) is 3.79. The van der Waals surface area contributed by atoms with Gasteiger partial charge >= 0.3 is 0 Å². The summed E-state index contributed by atoms with van der Waals surface area (Å²) in [6.07, 6.45) is 3.46. The maximum Gasteiger partial charge on any atom is 0.225 e. The van der Waals surface area contributed by atoms with E-state index in [1.807, 2.05) is 13.8 Å². The number of aliphatic hydroxyl groups is 1. The molecule has 0 bridgehead atoms. The molecule has 0 radical (unpaired) electrons. The predicted molar refractivity (Wildman–Crippen MR) is 83.6 cm³/mol. The lowest BCUT2D eigenvalue weighted by atomic mass is 10.2. The van der Waals surface area contributed by atoms with Crippen molar-refractivity contribution in [3.8, 4) is 0 Å². The van der Waals surface area contributed by atoms with Gasteiger partial charge in [0, 0.05) is 11.5 Å². The van der Waals surface area contributed by atoms with Gasteiger partial charge in [0.2, 0.25) is 5.28 Å². The standard InChI is InChI=1S/C9H6Cl2N2S.C2H6O.C2H6/c10-7-6-4-2-1-3-5(4)14-8(6)13-9(11)12-7;1-2-3;1-2/h1-3H2;3H,2H2,1H3;1-2H3. The van der Waals surface area contributed by atoms with Gasteiger partial charge in [0.25, 0.3) is 0 Å². The molecule has 6 heteroatoms. The first-order valence-corrected chi connectivity index (χ1v) is 7.98. The molecule has 0 aromatic carbocycles. The Morgan fingerprint density at radius 1 is 1.21 bits per heavy atom. The molecular weight excluding hydrogens is 303 g/mol. The van der Waals surface area contributed by atoms with Gasteiger partial charge in [0.15, 0.2) is 0 Å². The number of aromatic nitrogens is 2. The van der Waals surface area contributed by atoms with Gasteiger partial charge in [-0.2, -0.15) is 0 Å². The van der Waals surface area contributed by atoms with E-state index in [0.717, 1.165) is 23.1 Å². The zero-order chi connectivity index (χ0) is 14.4. The van der Waals surface area contributed by atoms with Gasteiger partial charge in [-0.3, -0.25) is 0 Å². The number of fused-ring (bicyclic) bond motifs is 3. The van der Waals surface area contributed by atoms with Crippen LogP contribution < -0.4 is 0 Å². The molecule has 0 aliphatic heterocycles. The Hall–Kier alpha value is -0.420. The summed E-state index contributed by atoms with van der Waals surface area (Å²) in [4.78, 5) is 10.5. The van der Waals surface area contributed by atoms with Crippen LogP contribution in [0.2, 0.25) is 10.4 Å². The van der Waals surface area contributed by atoms with Gasteiger partial charge < -0.3 is 5.11 Å². The second-order valence-electron chi connectivity index (χ2n) is 3.64. The Labute approximate surface area is 127 Å². The van der Waals surface area contributed by atoms with Crippen molar-refractivity contribution in [1.82, 2.24) is 9.97 Å². The van der Waals surface area contributed by atoms with Crippen LogP contribution in [0, 0.1) is 0 Å². The molecular formula is C13H18Cl2N2OS. The molecule has 1 aliphatic rings. The monoisotopic (exact) mass is 320 g/mol. The Balaban J connectivity index is 0.000000321. The third kappa shape index (κ3) is 3.78. The number of hydrogen-bond donors (Lipinski definition) is 1. The molecule has 0 saturated carbocycles. The Morgan fingerprint density at radius 3 is 2.47 bits per heavy atom. The average Bonchev–Trinajstić information content (AvgIpc) is 2.91. The fraction of sp³-hybridized carbons (Fsp3) is 0.538. The second kappa shape index (κ2) is 8.00. The number of aliphatic hydroxyl groups excluding tert-OH is 1. The molecule has 0 fully saturated rings. The van der Waals surface area contributed by atoms with E-state index in [9.17, 15) is 0 Å². The van der Waals surface area contributed by atoms with Gasteiger partial charge in [-0.05, 0) is 43.4 Å². The highest BCUT2D eigenvalue weighted by atomic mass is 35.5. The first kappa shape index (κ1) is 16.6. The zero-order valence-electron chi connectivity index (χ0n) is 11.3. The minimum Gasteiger partial charge on any atom is -0.397 e. The van der Waals surface area contributed by atoms with Crippen molar-refractivity contribution in [2.75, 3.05) is 6.61 Å². The summed E-state index contributed by atoms with van der Waals surface area (Å²) in [6, 6.07) is 0. The van der Waals surface area contributed by atoms with Crippen LogP contribution in [0.5, 0.6) is 0 Å². The lowest BCUT2D eigenvalue weighted by Crippen LogP contribution is -1.85. The van der Waals surface area contributed by atoms with E-state index in [2.05, 4.69) is 9.97 Å². The summed E-state index contributed by atoms with van der Waals surface area (Å²) in [5.41, 5.74) is 1.34. The summed E-state index contributed by atoms with van der Waals surface area (Å²) in [7, 11) is 0. The molecule has 2 aromatic rings. The van der Waals surface area contributed by atoms with Crippen LogP contribution in [-0.2, 0) is 12.8 Å². The zero-order valence-corrected chi connectivity index (χ0v) is 13.7. The maximum absolute atomic E-state index is 7.57. The van der Waals surface area contributed by atoms with E-state index >= 15 is 0 Å². The van der Waals surface area contributed by atoms with Crippen LogP contribution in [0.1, 0.15) is 37.6 Å². The predicted octanol–water partition coefficient (Wildman–Crippen LogP) is 4.51. The normalized spacial score (nSPS) is 12.3. The number of thiophene rings is 1. The first-order valence-electron chi connectivity index (χ1n) is 6.41. The maximum atomic E-state index is 7.57. The molecule has 19 heavy (non-hydrogen) atoms. The van der Waals surface area contributed by atoms with Crippen molar-refractivity contribution in [2.24, 2.45) is 0 Å². The highest BCUT2D eigenvalue weighted by Gasteiger charge is 2.21. The van der Waals surface area contributed by atoms with Crippen LogP contribution in [0.25, 0.3) is 10.2 Å². The van der Waals surface area contributed by atoms with E-state index in [4.69, 9.17) is 28.3 Å². The third-order valence-electron chi connectivity index (χ3n) is 2.49. The largest absolute Gasteiger partial charge is 0.397 e. The lowest BCUT2D eigenvalue weighted by molar-refractivity contribution is 0.318. The molecule has 1 aliphatic carbocycles.